The third-order valence-electron chi connectivity index (χ3n) is 11.0. The molecule has 0 radical (unpaired) electrons. The number of thiophene rings is 1. The molecule has 0 aliphatic heterocycles. The van der Waals surface area contributed by atoms with Crippen LogP contribution in [0.2, 0.25) is 0 Å². The van der Waals surface area contributed by atoms with Gasteiger partial charge in [-0.15, -0.1) is 11.3 Å². The highest BCUT2D eigenvalue weighted by atomic mass is 32.1. The average molecular weight is 704 g/mol. The van der Waals surface area contributed by atoms with Crippen LogP contribution >= 0.6 is 11.3 Å². The zero-order valence-corrected chi connectivity index (χ0v) is 30.2. The summed E-state index contributed by atoms with van der Waals surface area (Å²) < 4.78 is 2.62. The van der Waals surface area contributed by atoms with Gasteiger partial charge < -0.3 is 4.90 Å². The van der Waals surface area contributed by atoms with Crippen molar-refractivity contribution in [2.45, 2.75) is 0 Å². The Morgan fingerprint density at radius 2 is 0.852 bits per heavy atom. The van der Waals surface area contributed by atoms with Gasteiger partial charge in [-0.05, 0) is 126 Å². The van der Waals surface area contributed by atoms with Gasteiger partial charge in [0.1, 0.15) is 0 Å². The normalized spacial score (nSPS) is 11.7. The van der Waals surface area contributed by atoms with Crippen LogP contribution in [0.5, 0.6) is 0 Å². The van der Waals surface area contributed by atoms with Crippen LogP contribution in [0.4, 0.5) is 17.1 Å². The lowest BCUT2D eigenvalue weighted by atomic mass is 9.90. The number of benzene rings is 10. The number of nitrogens with zero attached hydrogens (tertiary/aromatic N) is 1. The fourth-order valence-corrected chi connectivity index (χ4v) is 9.49. The lowest BCUT2D eigenvalue weighted by molar-refractivity contribution is 1.29. The second-order valence-corrected chi connectivity index (χ2v) is 15.2. The molecule has 11 rings (SSSR count). The highest BCUT2D eigenvalue weighted by Gasteiger charge is 2.17. The molecule has 0 N–H and O–H groups in total. The van der Waals surface area contributed by atoms with Crippen LogP contribution in [-0.4, -0.2) is 0 Å². The Labute approximate surface area is 317 Å². The van der Waals surface area contributed by atoms with Crippen LogP contribution < -0.4 is 4.90 Å². The Hall–Kier alpha value is -6.74. The first-order valence-electron chi connectivity index (χ1n) is 18.5. The maximum Gasteiger partial charge on any atom is 0.0468 e. The molecule has 0 saturated carbocycles. The third-order valence-corrected chi connectivity index (χ3v) is 12.1. The van der Waals surface area contributed by atoms with E-state index in [4.69, 9.17) is 0 Å². The highest BCUT2D eigenvalue weighted by Crippen LogP contribution is 2.44. The summed E-state index contributed by atoms with van der Waals surface area (Å²) in [6.45, 7) is 0. The molecule has 54 heavy (non-hydrogen) atoms. The predicted molar refractivity (Wildman–Crippen MR) is 235 cm³/mol. The van der Waals surface area contributed by atoms with E-state index < -0.39 is 0 Å². The van der Waals surface area contributed by atoms with E-state index in [1.54, 1.807) is 0 Å². The Kier molecular flexibility index (Phi) is 7.11. The minimum absolute atomic E-state index is 1.12. The van der Waals surface area contributed by atoms with Gasteiger partial charge in [0.05, 0.1) is 0 Å². The van der Waals surface area contributed by atoms with Crippen molar-refractivity contribution < 1.29 is 0 Å². The topological polar surface area (TPSA) is 3.24 Å². The van der Waals surface area contributed by atoms with Crippen molar-refractivity contribution in [3.8, 4) is 22.3 Å². The quantitative estimate of drug-likeness (QED) is 0.161. The van der Waals surface area contributed by atoms with E-state index in [-0.39, 0.29) is 0 Å². The van der Waals surface area contributed by atoms with E-state index in [0.29, 0.717) is 0 Å². The molecular formula is C52H33NS. The molecule has 0 bridgehead atoms. The van der Waals surface area contributed by atoms with Crippen LogP contribution in [0.15, 0.2) is 200 Å². The Balaban J connectivity index is 1.06. The number of rotatable bonds is 5. The van der Waals surface area contributed by atoms with E-state index in [0.717, 1.165) is 17.1 Å². The summed E-state index contributed by atoms with van der Waals surface area (Å²) in [5.74, 6) is 0. The Morgan fingerprint density at radius 3 is 1.61 bits per heavy atom. The molecule has 1 aromatic heterocycles. The van der Waals surface area contributed by atoms with Crippen LogP contribution in [0.3, 0.4) is 0 Å². The zero-order valence-electron chi connectivity index (χ0n) is 29.4. The van der Waals surface area contributed by atoms with Crippen LogP contribution in [0.1, 0.15) is 0 Å². The first kappa shape index (κ1) is 30.8. The van der Waals surface area contributed by atoms with Gasteiger partial charge in [0, 0.05) is 37.2 Å². The van der Waals surface area contributed by atoms with Gasteiger partial charge in [-0.2, -0.15) is 0 Å². The summed E-state index contributed by atoms with van der Waals surface area (Å²) in [5.41, 5.74) is 8.25. The van der Waals surface area contributed by atoms with Crippen LogP contribution in [0, 0.1) is 0 Å². The van der Waals surface area contributed by atoms with E-state index in [9.17, 15) is 0 Å². The molecule has 10 aromatic carbocycles. The SMILES string of the molecule is c1ccc(-c2ccc(N(c3ccc(-c4cc5ccc6ccccc6c5c5ccccc45)cc3)c3ccc4sc5cc6ccccc6cc5c4c3)cc2)cc1. The van der Waals surface area contributed by atoms with Crippen molar-refractivity contribution in [1.82, 2.24) is 0 Å². The molecule has 0 aliphatic rings. The number of fused-ring (bicyclic) bond motifs is 9. The highest BCUT2D eigenvalue weighted by molar-refractivity contribution is 7.25. The van der Waals surface area contributed by atoms with Crippen molar-refractivity contribution in [3.63, 3.8) is 0 Å². The number of hydrogen-bond donors (Lipinski definition) is 0. The van der Waals surface area contributed by atoms with Crippen LogP contribution in [0.25, 0.3) is 85.5 Å². The van der Waals surface area contributed by atoms with Gasteiger partial charge in [0.2, 0.25) is 0 Å². The summed E-state index contributed by atoms with van der Waals surface area (Å²) in [7, 11) is 0. The molecule has 0 spiro atoms. The molecule has 1 heterocycles. The first-order valence-corrected chi connectivity index (χ1v) is 19.3. The predicted octanol–water partition coefficient (Wildman–Crippen LogP) is 15.5. The van der Waals surface area contributed by atoms with Crippen molar-refractivity contribution in [3.05, 3.63) is 200 Å². The lowest BCUT2D eigenvalue weighted by Crippen LogP contribution is -2.09. The fourth-order valence-electron chi connectivity index (χ4n) is 8.38. The second kappa shape index (κ2) is 12.4. The minimum Gasteiger partial charge on any atom is -0.310 e. The Bertz CT molecular complexity index is 3190. The Morgan fingerprint density at radius 1 is 0.296 bits per heavy atom. The van der Waals surface area contributed by atoms with E-state index in [1.165, 1.54) is 85.5 Å². The standard InChI is InChI=1S/C52H33NS/c1-2-10-34(11-3-1)35-20-24-41(25-21-35)53(43-28-29-50-49(33-43)48-30-38-13-4-5-14-39(38)32-51(48)54-50)42-26-22-37(23-27-42)47-31-40-19-18-36-12-6-7-15-44(36)52(40)46-17-9-8-16-45(46)47/h1-33H. The lowest BCUT2D eigenvalue weighted by Gasteiger charge is -2.26. The average Bonchev–Trinajstić information content (AvgIpc) is 3.60. The summed E-state index contributed by atoms with van der Waals surface area (Å²) >= 11 is 1.87. The molecule has 0 aliphatic carbocycles. The van der Waals surface area contributed by atoms with Gasteiger partial charge in [-0.3, -0.25) is 0 Å². The van der Waals surface area contributed by atoms with Gasteiger partial charge in [0.15, 0.2) is 0 Å². The molecule has 0 unspecified atom stereocenters. The molecule has 0 atom stereocenters. The van der Waals surface area contributed by atoms with Gasteiger partial charge in [-0.25, -0.2) is 0 Å². The third kappa shape index (κ3) is 5.07. The van der Waals surface area contributed by atoms with Crippen molar-refractivity contribution in [2.75, 3.05) is 4.90 Å². The van der Waals surface area contributed by atoms with E-state index in [2.05, 4.69) is 205 Å². The largest absolute Gasteiger partial charge is 0.310 e. The summed E-state index contributed by atoms with van der Waals surface area (Å²) in [5, 5.41) is 12.8. The molecular weight excluding hydrogens is 671 g/mol. The smallest absolute Gasteiger partial charge is 0.0468 e. The van der Waals surface area contributed by atoms with Crippen molar-refractivity contribution >= 4 is 91.7 Å². The summed E-state index contributed by atoms with van der Waals surface area (Å²) in [4.78, 5) is 2.40. The van der Waals surface area contributed by atoms with Crippen molar-refractivity contribution in [2.24, 2.45) is 0 Å². The molecule has 2 heteroatoms. The summed E-state index contributed by atoms with van der Waals surface area (Å²) in [6.07, 6.45) is 0. The van der Waals surface area contributed by atoms with Gasteiger partial charge in [0.25, 0.3) is 0 Å². The van der Waals surface area contributed by atoms with E-state index >= 15 is 0 Å². The van der Waals surface area contributed by atoms with Crippen LogP contribution in [-0.2, 0) is 0 Å². The second-order valence-electron chi connectivity index (χ2n) is 14.1. The molecule has 0 saturated heterocycles. The van der Waals surface area contributed by atoms with Gasteiger partial charge in [-0.1, -0.05) is 140 Å². The molecule has 0 fully saturated rings. The maximum absolute atomic E-state index is 2.40. The monoisotopic (exact) mass is 703 g/mol. The molecule has 11 aromatic rings. The molecule has 252 valence electrons. The van der Waals surface area contributed by atoms with Gasteiger partial charge >= 0.3 is 0 Å². The van der Waals surface area contributed by atoms with E-state index in [1.807, 2.05) is 11.3 Å². The van der Waals surface area contributed by atoms with Crippen molar-refractivity contribution in [1.29, 1.82) is 0 Å². The molecule has 0 amide bonds. The fraction of sp³-hybridized carbons (Fsp3) is 0. The zero-order chi connectivity index (χ0) is 35.6. The maximum atomic E-state index is 2.40. The number of anilines is 3. The minimum atomic E-state index is 1.12. The molecule has 1 nitrogen and oxygen atoms in total. The first-order chi connectivity index (χ1) is 26.7. The number of hydrogen-bond acceptors (Lipinski definition) is 2. The summed E-state index contributed by atoms with van der Waals surface area (Å²) in [6, 6.07) is 73.5.